The molecule has 0 radical (unpaired) electrons. The Bertz CT molecular complexity index is 599. The molecule has 0 bridgehead atoms. The normalized spacial score (nSPS) is 10.1. The topological polar surface area (TPSA) is 81.2 Å². The van der Waals surface area contributed by atoms with Gasteiger partial charge >= 0.3 is 0 Å². The average molecular weight is 271 g/mol. The van der Waals surface area contributed by atoms with Crippen molar-refractivity contribution in [2.45, 2.75) is 13.3 Å². The SMILES string of the molecule is CCCOc1ccccc1Oc1cccnc1C(=N)N. The third-order valence-electron chi connectivity index (χ3n) is 2.56. The van der Waals surface area contributed by atoms with Crippen molar-refractivity contribution in [3.8, 4) is 17.2 Å². The minimum Gasteiger partial charge on any atom is -0.490 e. The fraction of sp³-hybridized carbons (Fsp3) is 0.200. The second-order valence-corrected chi connectivity index (χ2v) is 4.16. The van der Waals surface area contributed by atoms with E-state index in [1.807, 2.05) is 31.2 Å². The Morgan fingerprint density at radius 2 is 1.85 bits per heavy atom. The molecule has 0 aliphatic rings. The van der Waals surface area contributed by atoms with E-state index in [1.165, 1.54) is 0 Å². The summed E-state index contributed by atoms with van der Waals surface area (Å²) < 4.78 is 11.4. The Morgan fingerprint density at radius 1 is 1.15 bits per heavy atom. The molecule has 20 heavy (non-hydrogen) atoms. The van der Waals surface area contributed by atoms with E-state index < -0.39 is 0 Å². The van der Waals surface area contributed by atoms with Crippen LogP contribution in [0.2, 0.25) is 0 Å². The highest BCUT2D eigenvalue weighted by molar-refractivity contribution is 5.95. The Balaban J connectivity index is 2.28. The van der Waals surface area contributed by atoms with Gasteiger partial charge in [0.25, 0.3) is 0 Å². The van der Waals surface area contributed by atoms with Gasteiger partial charge < -0.3 is 15.2 Å². The lowest BCUT2D eigenvalue weighted by Crippen LogP contribution is -2.14. The Labute approximate surface area is 117 Å². The molecule has 2 aromatic rings. The number of ether oxygens (including phenoxy) is 2. The monoisotopic (exact) mass is 271 g/mol. The minimum atomic E-state index is -0.132. The number of benzene rings is 1. The maximum atomic E-state index is 7.51. The zero-order chi connectivity index (χ0) is 14.4. The number of rotatable bonds is 6. The first kappa shape index (κ1) is 13.9. The molecule has 104 valence electrons. The predicted octanol–water partition coefficient (Wildman–Crippen LogP) is 2.95. The second kappa shape index (κ2) is 6.56. The van der Waals surface area contributed by atoms with E-state index in [1.54, 1.807) is 18.3 Å². The molecule has 0 aliphatic heterocycles. The van der Waals surface area contributed by atoms with Crippen molar-refractivity contribution in [1.82, 2.24) is 4.98 Å². The van der Waals surface area contributed by atoms with Crippen LogP contribution in [-0.4, -0.2) is 17.4 Å². The van der Waals surface area contributed by atoms with E-state index in [4.69, 9.17) is 20.6 Å². The molecule has 5 heteroatoms. The number of nitrogens with one attached hydrogen (secondary N) is 1. The Hall–Kier alpha value is -2.56. The van der Waals surface area contributed by atoms with E-state index >= 15 is 0 Å². The van der Waals surface area contributed by atoms with Crippen LogP contribution in [0.25, 0.3) is 0 Å². The van der Waals surface area contributed by atoms with E-state index in [9.17, 15) is 0 Å². The maximum absolute atomic E-state index is 7.51. The zero-order valence-electron chi connectivity index (χ0n) is 11.3. The fourth-order valence-corrected chi connectivity index (χ4v) is 1.66. The zero-order valence-corrected chi connectivity index (χ0v) is 11.3. The molecule has 1 aromatic carbocycles. The number of nitrogen functional groups attached to an aromatic ring is 1. The van der Waals surface area contributed by atoms with Crippen LogP contribution in [0.15, 0.2) is 42.6 Å². The first-order valence-corrected chi connectivity index (χ1v) is 6.41. The Morgan fingerprint density at radius 3 is 2.55 bits per heavy atom. The van der Waals surface area contributed by atoms with E-state index in [0.29, 0.717) is 29.5 Å². The highest BCUT2D eigenvalue weighted by Crippen LogP contribution is 2.32. The van der Waals surface area contributed by atoms with Crippen LogP contribution < -0.4 is 15.2 Å². The number of hydrogen-bond acceptors (Lipinski definition) is 4. The third-order valence-corrected chi connectivity index (χ3v) is 2.56. The minimum absolute atomic E-state index is 0.132. The van der Waals surface area contributed by atoms with Crippen LogP contribution in [0.4, 0.5) is 0 Å². The van der Waals surface area contributed by atoms with E-state index in [0.717, 1.165) is 6.42 Å². The van der Waals surface area contributed by atoms with Gasteiger partial charge in [0, 0.05) is 6.20 Å². The maximum Gasteiger partial charge on any atom is 0.169 e. The molecule has 0 saturated heterocycles. The molecule has 0 amide bonds. The van der Waals surface area contributed by atoms with Gasteiger partial charge in [0.15, 0.2) is 17.2 Å². The lowest BCUT2D eigenvalue weighted by molar-refractivity contribution is 0.302. The summed E-state index contributed by atoms with van der Waals surface area (Å²) in [4.78, 5) is 4.05. The summed E-state index contributed by atoms with van der Waals surface area (Å²) in [5.41, 5.74) is 5.81. The standard InChI is InChI=1S/C15H17N3O2/c1-2-10-19-11-6-3-4-7-12(11)20-13-8-5-9-18-14(13)15(16)17/h3-9H,2,10H2,1H3,(H3,16,17). The molecular weight excluding hydrogens is 254 g/mol. The second-order valence-electron chi connectivity index (χ2n) is 4.16. The largest absolute Gasteiger partial charge is 0.490 e. The summed E-state index contributed by atoms with van der Waals surface area (Å²) in [5, 5.41) is 7.51. The molecule has 0 aliphatic carbocycles. The molecule has 0 atom stereocenters. The van der Waals surface area contributed by atoms with Crippen LogP contribution in [0.5, 0.6) is 17.2 Å². The van der Waals surface area contributed by atoms with Gasteiger partial charge in [-0.2, -0.15) is 0 Å². The number of aromatic nitrogens is 1. The molecule has 0 spiro atoms. The molecule has 1 heterocycles. The van der Waals surface area contributed by atoms with E-state index in [2.05, 4.69) is 4.98 Å². The lowest BCUT2D eigenvalue weighted by Gasteiger charge is -2.13. The Kier molecular flexibility index (Phi) is 4.55. The molecule has 0 fully saturated rings. The van der Waals surface area contributed by atoms with Gasteiger partial charge in [-0.25, -0.2) is 4.98 Å². The molecule has 5 nitrogen and oxygen atoms in total. The molecular formula is C15H17N3O2. The predicted molar refractivity (Wildman–Crippen MR) is 77.6 cm³/mol. The quantitative estimate of drug-likeness (QED) is 0.625. The number of para-hydroxylation sites is 2. The van der Waals surface area contributed by atoms with Crippen molar-refractivity contribution >= 4 is 5.84 Å². The van der Waals surface area contributed by atoms with Crippen molar-refractivity contribution in [1.29, 1.82) is 5.41 Å². The first-order valence-electron chi connectivity index (χ1n) is 6.41. The molecule has 1 aromatic heterocycles. The number of nitrogens with zero attached hydrogens (tertiary/aromatic N) is 1. The van der Waals surface area contributed by atoms with E-state index in [-0.39, 0.29) is 5.84 Å². The smallest absolute Gasteiger partial charge is 0.169 e. The van der Waals surface area contributed by atoms with Crippen LogP contribution >= 0.6 is 0 Å². The average Bonchev–Trinajstić information content (AvgIpc) is 2.47. The molecule has 0 unspecified atom stereocenters. The van der Waals surface area contributed by atoms with Crippen LogP contribution in [0, 0.1) is 5.41 Å². The summed E-state index contributed by atoms with van der Waals surface area (Å²) in [7, 11) is 0. The van der Waals surface area contributed by atoms with Gasteiger partial charge in [0.05, 0.1) is 6.61 Å². The lowest BCUT2D eigenvalue weighted by atomic mass is 10.3. The first-order chi connectivity index (χ1) is 9.72. The fourth-order valence-electron chi connectivity index (χ4n) is 1.66. The van der Waals surface area contributed by atoms with Crippen molar-refractivity contribution in [3.05, 3.63) is 48.3 Å². The van der Waals surface area contributed by atoms with Crippen molar-refractivity contribution in [3.63, 3.8) is 0 Å². The van der Waals surface area contributed by atoms with Gasteiger partial charge in [-0.05, 0) is 30.7 Å². The number of amidine groups is 1. The van der Waals surface area contributed by atoms with Crippen LogP contribution in [-0.2, 0) is 0 Å². The molecule has 3 N–H and O–H groups in total. The van der Waals surface area contributed by atoms with Crippen molar-refractivity contribution in [2.75, 3.05) is 6.61 Å². The highest BCUT2D eigenvalue weighted by atomic mass is 16.5. The van der Waals surface area contributed by atoms with Gasteiger partial charge in [-0.3, -0.25) is 5.41 Å². The summed E-state index contributed by atoms with van der Waals surface area (Å²) in [6, 6.07) is 10.8. The van der Waals surface area contributed by atoms with Gasteiger partial charge in [-0.15, -0.1) is 0 Å². The molecule has 0 saturated carbocycles. The summed E-state index contributed by atoms with van der Waals surface area (Å²) >= 11 is 0. The summed E-state index contributed by atoms with van der Waals surface area (Å²) in [6.07, 6.45) is 2.49. The van der Waals surface area contributed by atoms with Gasteiger partial charge in [0.2, 0.25) is 0 Å². The van der Waals surface area contributed by atoms with Gasteiger partial charge in [-0.1, -0.05) is 19.1 Å². The summed E-state index contributed by atoms with van der Waals surface area (Å²) in [5.74, 6) is 1.55. The third kappa shape index (κ3) is 3.26. The van der Waals surface area contributed by atoms with Crippen LogP contribution in [0.1, 0.15) is 19.0 Å². The number of pyridine rings is 1. The van der Waals surface area contributed by atoms with Crippen molar-refractivity contribution < 1.29 is 9.47 Å². The molecule has 2 rings (SSSR count). The summed E-state index contributed by atoms with van der Waals surface area (Å²) in [6.45, 7) is 2.66. The van der Waals surface area contributed by atoms with Crippen molar-refractivity contribution in [2.24, 2.45) is 5.73 Å². The highest BCUT2D eigenvalue weighted by Gasteiger charge is 2.11. The van der Waals surface area contributed by atoms with Crippen LogP contribution in [0.3, 0.4) is 0 Å². The number of nitrogens with two attached hydrogens (primary N) is 1. The van der Waals surface area contributed by atoms with Gasteiger partial charge in [0.1, 0.15) is 11.5 Å². The number of hydrogen-bond donors (Lipinski definition) is 2.